The molecule has 1 aliphatic rings. The van der Waals surface area contributed by atoms with Gasteiger partial charge in [-0.25, -0.2) is 0 Å². The summed E-state index contributed by atoms with van der Waals surface area (Å²) in [7, 11) is 0. The number of quaternary nitrogens is 1. The van der Waals surface area contributed by atoms with Gasteiger partial charge in [-0.1, -0.05) is 18.0 Å². The highest BCUT2D eigenvalue weighted by Crippen LogP contribution is 2.16. The summed E-state index contributed by atoms with van der Waals surface area (Å²) in [6.45, 7) is 4.39. The summed E-state index contributed by atoms with van der Waals surface area (Å²) in [5, 5.41) is 10.9. The molecule has 2 N–H and O–H groups in total. The van der Waals surface area contributed by atoms with Gasteiger partial charge in [0.05, 0.1) is 12.6 Å². The van der Waals surface area contributed by atoms with Gasteiger partial charge in [0.2, 0.25) is 0 Å². The second-order valence-electron chi connectivity index (χ2n) is 5.97. The highest BCUT2D eigenvalue weighted by molar-refractivity contribution is 6.30. The van der Waals surface area contributed by atoms with Gasteiger partial charge < -0.3 is 14.7 Å². The van der Waals surface area contributed by atoms with Crippen molar-refractivity contribution in [1.29, 1.82) is 0 Å². The lowest BCUT2D eigenvalue weighted by atomic mass is 9.94. The number of hydrogen-bond acceptors (Lipinski definition) is 2. The Bertz CT molecular complexity index is 404. The highest BCUT2D eigenvalue weighted by atomic mass is 35.5. The van der Waals surface area contributed by atoms with Crippen molar-refractivity contribution >= 4 is 11.6 Å². The molecule has 1 unspecified atom stereocenters. The molecule has 1 saturated carbocycles. The topological polar surface area (TPSA) is 33.9 Å². The lowest BCUT2D eigenvalue weighted by Crippen LogP contribution is -3.16. The van der Waals surface area contributed by atoms with Crippen molar-refractivity contribution in [3.8, 4) is 5.75 Å². The van der Waals surface area contributed by atoms with E-state index in [9.17, 15) is 5.11 Å². The van der Waals surface area contributed by atoms with Crippen LogP contribution in [-0.2, 0) is 0 Å². The number of aliphatic hydroxyl groups excluding tert-OH is 1. The van der Waals surface area contributed by atoms with E-state index >= 15 is 0 Å². The lowest BCUT2D eigenvalue weighted by molar-refractivity contribution is -0.928. The number of hydrogen-bond donors (Lipinski definition) is 2. The molecule has 0 bridgehead atoms. The minimum absolute atomic E-state index is 0.345. The second kappa shape index (κ2) is 8.62. The third-order valence-corrected chi connectivity index (χ3v) is 4.64. The van der Waals surface area contributed by atoms with Crippen molar-refractivity contribution in [3.05, 3.63) is 29.3 Å². The Labute approximate surface area is 132 Å². The summed E-state index contributed by atoms with van der Waals surface area (Å²) in [4.78, 5) is 1.52. The number of ether oxygens (including phenoxy) is 1. The number of benzene rings is 1. The first-order chi connectivity index (χ1) is 10.2. The van der Waals surface area contributed by atoms with E-state index in [-0.39, 0.29) is 0 Å². The van der Waals surface area contributed by atoms with Crippen LogP contribution in [0.4, 0.5) is 0 Å². The molecule has 1 aromatic rings. The fourth-order valence-electron chi connectivity index (χ4n) is 3.20. The van der Waals surface area contributed by atoms with E-state index in [1.165, 1.54) is 37.0 Å². The molecule has 118 valence electrons. The van der Waals surface area contributed by atoms with Crippen LogP contribution in [0.3, 0.4) is 0 Å². The summed E-state index contributed by atoms with van der Waals surface area (Å²) in [6.07, 6.45) is 6.23. The fraction of sp³-hybridized carbons (Fsp3) is 0.647. The average Bonchev–Trinajstić information content (AvgIpc) is 2.53. The molecule has 0 heterocycles. The van der Waals surface area contributed by atoms with E-state index in [4.69, 9.17) is 16.3 Å². The van der Waals surface area contributed by atoms with Gasteiger partial charge in [-0.15, -0.1) is 0 Å². The predicted octanol–water partition coefficient (Wildman–Crippen LogP) is 2.32. The summed E-state index contributed by atoms with van der Waals surface area (Å²) < 4.78 is 5.63. The molecule has 1 aliphatic carbocycles. The van der Waals surface area contributed by atoms with Crippen LogP contribution in [0.15, 0.2) is 24.3 Å². The van der Waals surface area contributed by atoms with Crippen LogP contribution in [-0.4, -0.2) is 36.9 Å². The van der Waals surface area contributed by atoms with Gasteiger partial charge >= 0.3 is 0 Å². The van der Waals surface area contributed by atoms with Gasteiger partial charge in [0.15, 0.2) is 0 Å². The van der Waals surface area contributed by atoms with Crippen molar-refractivity contribution in [3.63, 3.8) is 0 Å². The molecule has 3 nitrogen and oxygen atoms in total. The van der Waals surface area contributed by atoms with E-state index in [0.29, 0.717) is 17.7 Å². The molecule has 0 saturated heterocycles. The Morgan fingerprint density at radius 3 is 2.52 bits per heavy atom. The molecule has 4 heteroatoms. The lowest BCUT2D eigenvalue weighted by Gasteiger charge is -2.31. The van der Waals surface area contributed by atoms with Gasteiger partial charge in [0.1, 0.15) is 25.0 Å². The van der Waals surface area contributed by atoms with E-state index < -0.39 is 6.10 Å². The first kappa shape index (κ1) is 16.6. The Kier molecular flexibility index (Phi) is 6.81. The molecule has 0 aromatic heterocycles. The largest absolute Gasteiger partial charge is 0.491 e. The van der Waals surface area contributed by atoms with Crippen LogP contribution in [0.25, 0.3) is 0 Å². The monoisotopic (exact) mass is 312 g/mol. The SMILES string of the molecule is CC[NH+](C[C@H](O)COc1ccc(Cl)cc1)C1CCCCC1. The molecular formula is C17H27ClNO2+. The molecule has 1 fully saturated rings. The maximum Gasteiger partial charge on any atom is 0.137 e. The van der Waals surface area contributed by atoms with E-state index in [2.05, 4.69) is 6.92 Å². The minimum Gasteiger partial charge on any atom is -0.491 e. The van der Waals surface area contributed by atoms with Crippen LogP contribution in [0.5, 0.6) is 5.75 Å². The van der Waals surface area contributed by atoms with Crippen LogP contribution >= 0.6 is 11.6 Å². The Balaban J connectivity index is 1.76. The number of halogens is 1. The van der Waals surface area contributed by atoms with Gasteiger partial charge in [0.25, 0.3) is 0 Å². The number of aliphatic hydroxyl groups is 1. The van der Waals surface area contributed by atoms with Crippen LogP contribution in [0, 0.1) is 0 Å². The van der Waals surface area contributed by atoms with Crippen molar-refractivity contribution in [1.82, 2.24) is 0 Å². The first-order valence-electron chi connectivity index (χ1n) is 8.10. The fourth-order valence-corrected chi connectivity index (χ4v) is 3.32. The molecule has 2 atom stereocenters. The van der Waals surface area contributed by atoms with E-state index in [0.717, 1.165) is 18.8 Å². The predicted molar refractivity (Wildman–Crippen MR) is 86.2 cm³/mol. The van der Waals surface area contributed by atoms with E-state index in [1.54, 1.807) is 12.1 Å². The van der Waals surface area contributed by atoms with Gasteiger partial charge in [-0.05, 0) is 56.9 Å². The third kappa shape index (κ3) is 5.50. The van der Waals surface area contributed by atoms with Crippen LogP contribution in [0.2, 0.25) is 5.02 Å². The molecule has 2 rings (SSSR count). The molecule has 0 aliphatic heterocycles. The van der Waals surface area contributed by atoms with Gasteiger partial charge in [0, 0.05) is 5.02 Å². The van der Waals surface area contributed by atoms with Gasteiger partial charge in [-0.2, -0.15) is 0 Å². The summed E-state index contributed by atoms with van der Waals surface area (Å²) in [5.74, 6) is 0.758. The van der Waals surface area contributed by atoms with Crippen LogP contribution < -0.4 is 9.64 Å². The molecule has 1 aromatic carbocycles. The zero-order chi connectivity index (χ0) is 15.1. The standard InChI is InChI=1S/C17H26ClNO2/c1-2-19(15-6-4-3-5-7-15)12-16(20)13-21-17-10-8-14(18)9-11-17/h8-11,15-16,20H,2-7,12-13H2,1H3/p+1/t16-/m0/s1. The third-order valence-electron chi connectivity index (χ3n) is 4.39. The minimum atomic E-state index is -0.419. The second-order valence-corrected chi connectivity index (χ2v) is 6.41. The Morgan fingerprint density at radius 2 is 1.90 bits per heavy atom. The molecule has 0 radical (unpaired) electrons. The first-order valence-corrected chi connectivity index (χ1v) is 8.48. The molecule has 21 heavy (non-hydrogen) atoms. The normalized spacial score (nSPS) is 19.2. The maximum atomic E-state index is 10.2. The molecule has 0 spiro atoms. The summed E-state index contributed by atoms with van der Waals surface area (Å²) >= 11 is 5.84. The summed E-state index contributed by atoms with van der Waals surface area (Å²) in [5.41, 5.74) is 0. The highest BCUT2D eigenvalue weighted by Gasteiger charge is 2.25. The zero-order valence-electron chi connectivity index (χ0n) is 12.9. The molecule has 0 amide bonds. The Morgan fingerprint density at radius 1 is 1.24 bits per heavy atom. The average molecular weight is 313 g/mol. The van der Waals surface area contributed by atoms with E-state index in [1.807, 2.05) is 12.1 Å². The van der Waals surface area contributed by atoms with Gasteiger partial charge in [-0.3, -0.25) is 0 Å². The summed E-state index contributed by atoms with van der Waals surface area (Å²) in [6, 6.07) is 7.99. The van der Waals surface area contributed by atoms with Crippen molar-refractivity contribution in [2.75, 3.05) is 19.7 Å². The quantitative estimate of drug-likeness (QED) is 0.810. The zero-order valence-corrected chi connectivity index (χ0v) is 13.6. The smallest absolute Gasteiger partial charge is 0.137 e. The van der Waals surface area contributed by atoms with Crippen molar-refractivity contribution < 1.29 is 14.7 Å². The number of nitrogens with one attached hydrogen (secondary N) is 1. The number of rotatable bonds is 7. The maximum absolute atomic E-state index is 10.2. The Hall–Kier alpha value is -0.770. The van der Waals surface area contributed by atoms with Crippen LogP contribution in [0.1, 0.15) is 39.0 Å². The molecular weight excluding hydrogens is 286 g/mol. The van der Waals surface area contributed by atoms with Crippen molar-refractivity contribution in [2.45, 2.75) is 51.2 Å². The van der Waals surface area contributed by atoms with Crippen molar-refractivity contribution in [2.24, 2.45) is 0 Å². The number of likely N-dealkylation sites (N-methyl/N-ethyl adjacent to an activating group) is 1.